The zero-order chi connectivity index (χ0) is 8.59. The lowest BCUT2D eigenvalue weighted by Gasteiger charge is -2.01. The largest absolute Gasteiger partial charge is 0.396 e. The van der Waals surface area contributed by atoms with Crippen LogP contribution in [0.4, 0.5) is 14.5 Å². The molecule has 1 aromatic rings. The Bertz CT molecular complexity index is 275. The maximum atomic E-state index is 12.7. The first-order chi connectivity index (χ1) is 5.04. The second kappa shape index (κ2) is 3.06. The van der Waals surface area contributed by atoms with Gasteiger partial charge < -0.3 is 5.73 Å². The van der Waals surface area contributed by atoms with E-state index in [0.29, 0.717) is 4.47 Å². The van der Waals surface area contributed by atoms with Crippen molar-refractivity contribution in [3.8, 4) is 0 Å². The number of halogens is 4. The lowest BCUT2D eigenvalue weighted by Crippen LogP contribution is -1.95. The molecule has 0 aromatic heterocycles. The minimum Gasteiger partial charge on any atom is -0.396 e. The molecule has 0 atom stereocenters. The summed E-state index contributed by atoms with van der Waals surface area (Å²) in [5.74, 6) is -2.00. The van der Waals surface area contributed by atoms with Gasteiger partial charge in [0.25, 0.3) is 0 Å². The van der Waals surface area contributed by atoms with E-state index in [1.54, 1.807) is 0 Å². The summed E-state index contributed by atoms with van der Waals surface area (Å²) < 4.78 is 25.8. The molecule has 60 valence electrons. The summed E-state index contributed by atoms with van der Waals surface area (Å²) in [6, 6.07) is 1.29. The molecule has 0 unspecified atom stereocenters. The van der Waals surface area contributed by atoms with Gasteiger partial charge in [0.05, 0.1) is 10.2 Å². The Labute approximate surface area is 78.8 Å². The van der Waals surface area contributed by atoms with E-state index in [9.17, 15) is 8.78 Å². The summed E-state index contributed by atoms with van der Waals surface area (Å²) in [5.41, 5.74) is 4.91. The molecular formula is C6H3Br2F2N. The van der Waals surface area contributed by atoms with Crippen molar-refractivity contribution in [1.29, 1.82) is 0 Å². The molecule has 0 spiro atoms. The van der Waals surface area contributed by atoms with Gasteiger partial charge >= 0.3 is 0 Å². The molecule has 0 saturated carbocycles. The minimum atomic E-state index is -1.03. The Kier molecular flexibility index (Phi) is 2.49. The predicted molar refractivity (Wildman–Crippen MR) is 46.2 cm³/mol. The number of rotatable bonds is 0. The summed E-state index contributed by atoms with van der Waals surface area (Å²) in [6.45, 7) is 0. The van der Waals surface area contributed by atoms with Gasteiger partial charge in [-0.15, -0.1) is 0 Å². The maximum absolute atomic E-state index is 12.7. The van der Waals surface area contributed by atoms with Crippen LogP contribution >= 0.6 is 31.9 Å². The lowest BCUT2D eigenvalue weighted by molar-refractivity contribution is 0.507. The Morgan fingerprint density at radius 2 is 1.73 bits per heavy atom. The number of nitrogens with two attached hydrogens (primary N) is 1. The Morgan fingerprint density at radius 3 is 2.27 bits per heavy atom. The average molecular weight is 287 g/mol. The van der Waals surface area contributed by atoms with Crippen LogP contribution in [0.15, 0.2) is 15.0 Å². The summed E-state index contributed by atoms with van der Waals surface area (Å²) in [5, 5.41) is 0. The van der Waals surface area contributed by atoms with Crippen molar-refractivity contribution in [2.24, 2.45) is 0 Å². The molecule has 2 N–H and O–H groups in total. The fourth-order valence-corrected chi connectivity index (χ4v) is 1.30. The van der Waals surface area contributed by atoms with Gasteiger partial charge in [0, 0.05) is 4.47 Å². The average Bonchev–Trinajstić information content (AvgIpc) is 1.97. The number of anilines is 1. The SMILES string of the molecule is Nc1cc(Br)c(Br)c(F)c1F. The van der Waals surface area contributed by atoms with E-state index >= 15 is 0 Å². The van der Waals surface area contributed by atoms with Gasteiger partial charge in [-0.25, -0.2) is 8.78 Å². The highest BCUT2D eigenvalue weighted by atomic mass is 79.9. The molecule has 0 heterocycles. The van der Waals surface area contributed by atoms with Gasteiger partial charge in [-0.2, -0.15) is 0 Å². The van der Waals surface area contributed by atoms with Gasteiger partial charge in [-0.1, -0.05) is 0 Å². The van der Waals surface area contributed by atoms with E-state index in [1.165, 1.54) is 6.07 Å². The normalized spacial score (nSPS) is 10.2. The molecule has 0 amide bonds. The molecule has 1 nitrogen and oxygen atoms in total. The first kappa shape index (κ1) is 8.93. The van der Waals surface area contributed by atoms with Crippen molar-refractivity contribution in [3.63, 3.8) is 0 Å². The van der Waals surface area contributed by atoms with Crippen LogP contribution in [0.25, 0.3) is 0 Å². The molecule has 0 radical (unpaired) electrons. The van der Waals surface area contributed by atoms with Crippen LogP contribution in [0.1, 0.15) is 0 Å². The van der Waals surface area contributed by atoms with Gasteiger partial charge in [-0.3, -0.25) is 0 Å². The zero-order valence-electron chi connectivity index (χ0n) is 5.17. The van der Waals surface area contributed by atoms with Crippen molar-refractivity contribution >= 4 is 37.5 Å². The van der Waals surface area contributed by atoms with Crippen LogP contribution in [-0.2, 0) is 0 Å². The highest BCUT2D eigenvalue weighted by Crippen LogP contribution is 2.30. The van der Waals surface area contributed by atoms with Crippen molar-refractivity contribution < 1.29 is 8.78 Å². The highest BCUT2D eigenvalue weighted by Gasteiger charge is 2.12. The van der Waals surface area contributed by atoms with Gasteiger partial charge in [0.2, 0.25) is 0 Å². The van der Waals surface area contributed by atoms with Crippen molar-refractivity contribution in [2.45, 2.75) is 0 Å². The second-order valence-electron chi connectivity index (χ2n) is 1.89. The van der Waals surface area contributed by atoms with E-state index < -0.39 is 11.6 Å². The second-order valence-corrected chi connectivity index (χ2v) is 3.54. The first-order valence-corrected chi connectivity index (χ1v) is 4.21. The van der Waals surface area contributed by atoms with E-state index in [0.717, 1.165) is 0 Å². The predicted octanol–water partition coefficient (Wildman–Crippen LogP) is 3.07. The molecule has 11 heavy (non-hydrogen) atoms. The van der Waals surface area contributed by atoms with E-state index in [1.807, 2.05) is 0 Å². The van der Waals surface area contributed by atoms with Crippen LogP contribution in [0.3, 0.4) is 0 Å². The molecule has 5 heteroatoms. The molecule has 0 aliphatic heterocycles. The van der Waals surface area contributed by atoms with E-state index in [2.05, 4.69) is 31.9 Å². The van der Waals surface area contributed by atoms with Crippen LogP contribution < -0.4 is 5.73 Å². The topological polar surface area (TPSA) is 26.0 Å². The number of hydrogen-bond donors (Lipinski definition) is 1. The van der Waals surface area contributed by atoms with Crippen molar-refractivity contribution in [2.75, 3.05) is 5.73 Å². The quantitative estimate of drug-likeness (QED) is 0.443. The smallest absolute Gasteiger partial charge is 0.182 e. The van der Waals surface area contributed by atoms with E-state index in [4.69, 9.17) is 5.73 Å². The third kappa shape index (κ3) is 1.54. The molecule has 0 saturated heterocycles. The van der Waals surface area contributed by atoms with Crippen LogP contribution in [0.2, 0.25) is 0 Å². The van der Waals surface area contributed by atoms with Gasteiger partial charge in [-0.05, 0) is 37.9 Å². The minimum absolute atomic E-state index is 0.0456. The van der Waals surface area contributed by atoms with Gasteiger partial charge in [0.15, 0.2) is 11.6 Å². The highest BCUT2D eigenvalue weighted by molar-refractivity contribution is 9.13. The van der Waals surface area contributed by atoms with Gasteiger partial charge in [0.1, 0.15) is 0 Å². The summed E-state index contributed by atoms with van der Waals surface area (Å²) in [6.07, 6.45) is 0. The molecule has 0 aliphatic carbocycles. The monoisotopic (exact) mass is 285 g/mol. The van der Waals surface area contributed by atoms with E-state index in [-0.39, 0.29) is 10.2 Å². The van der Waals surface area contributed by atoms with Crippen LogP contribution in [0.5, 0.6) is 0 Å². The molecule has 0 fully saturated rings. The summed E-state index contributed by atoms with van der Waals surface area (Å²) in [7, 11) is 0. The number of benzene rings is 1. The molecule has 1 rings (SSSR count). The maximum Gasteiger partial charge on any atom is 0.182 e. The standard InChI is InChI=1S/C6H3Br2F2N/c7-2-1-3(11)5(9)6(10)4(2)8/h1H,11H2. The first-order valence-electron chi connectivity index (χ1n) is 2.62. The zero-order valence-corrected chi connectivity index (χ0v) is 8.34. The Hall–Kier alpha value is -0.160. The fourth-order valence-electron chi connectivity index (χ4n) is 0.591. The number of hydrogen-bond acceptors (Lipinski definition) is 1. The molecule has 0 bridgehead atoms. The molecular weight excluding hydrogens is 284 g/mol. The fraction of sp³-hybridized carbons (Fsp3) is 0. The van der Waals surface area contributed by atoms with Crippen molar-refractivity contribution in [3.05, 3.63) is 26.6 Å². The summed E-state index contributed by atoms with van der Waals surface area (Å²) in [4.78, 5) is 0. The molecule has 0 aliphatic rings. The summed E-state index contributed by atoms with van der Waals surface area (Å²) >= 11 is 5.84. The van der Waals surface area contributed by atoms with Crippen LogP contribution in [0, 0.1) is 11.6 Å². The molecule has 1 aromatic carbocycles. The Morgan fingerprint density at radius 1 is 1.18 bits per heavy atom. The Balaban J connectivity index is 3.46. The number of nitrogen functional groups attached to an aromatic ring is 1. The lowest BCUT2D eigenvalue weighted by atomic mass is 10.3. The van der Waals surface area contributed by atoms with Crippen LogP contribution in [-0.4, -0.2) is 0 Å². The third-order valence-electron chi connectivity index (χ3n) is 1.13. The third-order valence-corrected chi connectivity index (χ3v) is 3.06. The van der Waals surface area contributed by atoms with Crippen molar-refractivity contribution in [1.82, 2.24) is 0 Å².